The average molecular weight is 383 g/mol. The van der Waals surface area contributed by atoms with Gasteiger partial charge in [-0.2, -0.15) is 18.3 Å². The van der Waals surface area contributed by atoms with Gasteiger partial charge in [0.2, 0.25) is 0 Å². The third-order valence-electron chi connectivity index (χ3n) is 3.84. The van der Waals surface area contributed by atoms with Crippen LogP contribution in [0.4, 0.5) is 13.2 Å². The molecule has 6 nitrogen and oxygen atoms in total. The van der Waals surface area contributed by atoms with Crippen molar-refractivity contribution in [3.8, 4) is 5.69 Å². The quantitative estimate of drug-likeness (QED) is 0.796. The lowest BCUT2D eigenvalue weighted by molar-refractivity contribution is -0.143. The van der Waals surface area contributed by atoms with Crippen molar-refractivity contribution in [1.29, 1.82) is 0 Å². The number of halogens is 3. The SMILES string of the molecule is CC(C)CC(C)NC(=O)c1ccc(-n2ncc(C(=O)O)c2C(F)(F)F)cc1. The highest BCUT2D eigenvalue weighted by molar-refractivity contribution is 5.94. The Morgan fingerprint density at radius 2 is 1.78 bits per heavy atom. The second kappa shape index (κ2) is 7.81. The Labute approximate surface area is 154 Å². The molecular weight excluding hydrogens is 363 g/mol. The standard InChI is InChI=1S/C18H20F3N3O3/c1-10(2)8-11(3)23-16(25)12-4-6-13(7-5-12)24-15(18(19,20)21)14(9-22-24)17(26)27/h4-7,9-11H,8H2,1-3H3,(H,23,25)(H,26,27). The van der Waals surface area contributed by atoms with Crippen molar-refractivity contribution < 1.29 is 27.9 Å². The van der Waals surface area contributed by atoms with Crippen LogP contribution in [-0.2, 0) is 6.18 Å². The van der Waals surface area contributed by atoms with Gasteiger partial charge in [-0.25, -0.2) is 9.48 Å². The van der Waals surface area contributed by atoms with Crippen LogP contribution in [0, 0.1) is 5.92 Å². The van der Waals surface area contributed by atoms with E-state index in [2.05, 4.69) is 10.4 Å². The molecule has 0 saturated heterocycles. The summed E-state index contributed by atoms with van der Waals surface area (Å²) in [5.74, 6) is -1.65. The maximum Gasteiger partial charge on any atom is 0.434 e. The van der Waals surface area contributed by atoms with E-state index in [-0.39, 0.29) is 23.2 Å². The maximum absolute atomic E-state index is 13.3. The Hall–Kier alpha value is -2.84. The van der Waals surface area contributed by atoms with Crippen molar-refractivity contribution >= 4 is 11.9 Å². The number of carboxylic acid groups (broad SMARTS) is 1. The van der Waals surface area contributed by atoms with Gasteiger partial charge < -0.3 is 10.4 Å². The molecule has 0 aliphatic rings. The number of rotatable bonds is 6. The predicted molar refractivity (Wildman–Crippen MR) is 91.9 cm³/mol. The zero-order valence-electron chi connectivity index (χ0n) is 15.0. The minimum Gasteiger partial charge on any atom is -0.478 e. The van der Waals surface area contributed by atoms with Gasteiger partial charge in [0.25, 0.3) is 5.91 Å². The van der Waals surface area contributed by atoms with Gasteiger partial charge in [0.05, 0.1) is 11.9 Å². The lowest BCUT2D eigenvalue weighted by atomic mass is 10.0. The predicted octanol–water partition coefficient (Wildman–Crippen LogP) is 3.75. The summed E-state index contributed by atoms with van der Waals surface area (Å²) >= 11 is 0. The normalized spacial score (nSPS) is 12.9. The Morgan fingerprint density at radius 1 is 1.19 bits per heavy atom. The van der Waals surface area contributed by atoms with Crippen molar-refractivity contribution in [3.05, 3.63) is 47.3 Å². The van der Waals surface area contributed by atoms with E-state index in [1.165, 1.54) is 24.3 Å². The number of amides is 1. The van der Waals surface area contributed by atoms with E-state index in [1.54, 1.807) is 0 Å². The fourth-order valence-electron chi connectivity index (χ4n) is 2.80. The van der Waals surface area contributed by atoms with Crippen molar-refractivity contribution in [2.75, 3.05) is 0 Å². The molecule has 0 saturated carbocycles. The molecule has 9 heteroatoms. The molecule has 1 aromatic heterocycles. The first-order valence-corrected chi connectivity index (χ1v) is 8.30. The van der Waals surface area contributed by atoms with E-state index in [0.717, 1.165) is 6.42 Å². The number of nitrogens with zero attached hydrogens (tertiary/aromatic N) is 2. The second-order valence-corrected chi connectivity index (χ2v) is 6.67. The van der Waals surface area contributed by atoms with E-state index in [9.17, 15) is 22.8 Å². The van der Waals surface area contributed by atoms with Crippen LogP contribution in [0.1, 0.15) is 53.6 Å². The molecule has 0 aliphatic heterocycles. The number of aromatic carboxylic acids is 1. The third-order valence-corrected chi connectivity index (χ3v) is 3.84. The highest BCUT2D eigenvalue weighted by atomic mass is 19.4. The summed E-state index contributed by atoms with van der Waals surface area (Å²) in [6, 6.07) is 5.27. The van der Waals surface area contributed by atoms with Crippen molar-refractivity contribution in [2.45, 2.75) is 39.4 Å². The Bertz CT molecular complexity index is 827. The molecule has 0 bridgehead atoms. The maximum atomic E-state index is 13.3. The highest BCUT2D eigenvalue weighted by Crippen LogP contribution is 2.33. The van der Waals surface area contributed by atoms with Gasteiger partial charge in [-0.1, -0.05) is 13.8 Å². The number of alkyl halides is 3. The van der Waals surface area contributed by atoms with Crippen molar-refractivity contribution in [2.24, 2.45) is 5.92 Å². The zero-order chi connectivity index (χ0) is 20.4. The minimum atomic E-state index is -4.90. The van der Waals surface area contributed by atoms with Gasteiger partial charge >= 0.3 is 12.1 Å². The monoisotopic (exact) mass is 383 g/mol. The van der Waals surface area contributed by atoms with Crippen LogP contribution < -0.4 is 5.32 Å². The van der Waals surface area contributed by atoms with Crippen molar-refractivity contribution in [1.82, 2.24) is 15.1 Å². The first kappa shape index (κ1) is 20.5. The minimum absolute atomic E-state index is 0.00149. The summed E-state index contributed by atoms with van der Waals surface area (Å²) in [7, 11) is 0. The number of hydrogen-bond donors (Lipinski definition) is 2. The van der Waals surface area contributed by atoms with E-state index in [1.807, 2.05) is 20.8 Å². The molecule has 0 spiro atoms. The Morgan fingerprint density at radius 3 is 2.26 bits per heavy atom. The zero-order valence-corrected chi connectivity index (χ0v) is 15.0. The molecule has 2 rings (SSSR count). The number of carbonyl (C=O) groups is 2. The molecule has 1 heterocycles. The van der Waals surface area contributed by atoms with E-state index in [4.69, 9.17) is 5.11 Å². The lowest BCUT2D eigenvalue weighted by Gasteiger charge is -2.16. The molecule has 2 aromatic rings. The average Bonchev–Trinajstić information content (AvgIpc) is 2.99. The second-order valence-electron chi connectivity index (χ2n) is 6.67. The smallest absolute Gasteiger partial charge is 0.434 e. The largest absolute Gasteiger partial charge is 0.478 e. The molecule has 1 aromatic carbocycles. The molecule has 27 heavy (non-hydrogen) atoms. The number of carbonyl (C=O) groups excluding carboxylic acids is 1. The molecule has 0 fully saturated rings. The van der Waals surface area contributed by atoms with Gasteiger partial charge in [0, 0.05) is 11.6 Å². The summed E-state index contributed by atoms with van der Waals surface area (Å²) in [5.41, 5.74) is -2.03. The molecular formula is C18H20F3N3O3. The molecule has 1 unspecified atom stereocenters. The van der Waals surface area contributed by atoms with Crippen LogP contribution in [-0.4, -0.2) is 32.8 Å². The van der Waals surface area contributed by atoms with Crippen LogP contribution in [0.5, 0.6) is 0 Å². The molecule has 2 N–H and O–H groups in total. The highest BCUT2D eigenvalue weighted by Gasteiger charge is 2.40. The van der Waals surface area contributed by atoms with Gasteiger partial charge in [-0.15, -0.1) is 0 Å². The fourth-order valence-corrected chi connectivity index (χ4v) is 2.80. The lowest BCUT2D eigenvalue weighted by Crippen LogP contribution is -2.33. The van der Waals surface area contributed by atoms with Crippen LogP contribution in [0.2, 0.25) is 0 Å². The van der Waals surface area contributed by atoms with Gasteiger partial charge in [-0.3, -0.25) is 4.79 Å². The number of carboxylic acids is 1. The number of hydrogen-bond acceptors (Lipinski definition) is 3. The van der Waals surface area contributed by atoms with E-state index in [0.29, 0.717) is 16.8 Å². The number of nitrogens with one attached hydrogen (secondary N) is 1. The summed E-state index contributed by atoms with van der Waals surface area (Å²) in [5, 5.41) is 15.3. The summed E-state index contributed by atoms with van der Waals surface area (Å²) in [4.78, 5) is 23.2. The molecule has 146 valence electrons. The van der Waals surface area contributed by atoms with Crippen LogP contribution in [0.3, 0.4) is 0 Å². The number of benzene rings is 1. The summed E-state index contributed by atoms with van der Waals surface area (Å²) in [6.45, 7) is 5.94. The number of aromatic nitrogens is 2. The van der Waals surface area contributed by atoms with Gasteiger partial charge in [-0.05, 0) is 43.5 Å². The Kier molecular flexibility index (Phi) is 5.92. The van der Waals surface area contributed by atoms with E-state index < -0.39 is 23.4 Å². The molecule has 0 radical (unpaired) electrons. The van der Waals surface area contributed by atoms with Crippen LogP contribution >= 0.6 is 0 Å². The summed E-state index contributed by atoms with van der Waals surface area (Å²) in [6.07, 6.45) is -3.45. The Balaban J connectivity index is 2.28. The van der Waals surface area contributed by atoms with Crippen LogP contribution in [0.25, 0.3) is 5.69 Å². The van der Waals surface area contributed by atoms with Gasteiger partial charge in [0.15, 0.2) is 5.69 Å². The van der Waals surface area contributed by atoms with Gasteiger partial charge in [0.1, 0.15) is 5.56 Å². The van der Waals surface area contributed by atoms with Crippen molar-refractivity contribution in [3.63, 3.8) is 0 Å². The first-order chi connectivity index (χ1) is 12.5. The fraction of sp³-hybridized carbons (Fsp3) is 0.389. The third kappa shape index (κ3) is 4.87. The van der Waals surface area contributed by atoms with E-state index >= 15 is 0 Å². The molecule has 1 amide bonds. The topological polar surface area (TPSA) is 84.2 Å². The molecule has 1 atom stereocenters. The molecule has 0 aliphatic carbocycles. The first-order valence-electron chi connectivity index (χ1n) is 8.30. The van der Waals surface area contributed by atoms with Crippen LogP contribution in [0.15, 0.2) is 30.5 Å². The summed E-state index contributed by atoms with van der Waals surface area (Å²) < 4.78 is 40.3.